The number of hydrogen-bond donors (Lipinski definition) is 3. The van der Waals surface area contributed by atoms with Crippen molar-refractivity contribution < 1.29 is 14.6 Å². The minimum atomic E-state index is -0.112. The molecule has 5 heteroatoms. The standard InChI is InChI=1S/C30H32N2O3/c1-30(2,3)20-11-8-18(9-12-20)29(34)31-21-13-14-25-24(17-21)22-6-5-7-23(22)28(32-25)19-10-15-27(35-4)26(33)16-19/h5-6,8-17,22-23,28,32-33H,7H2,1-4H3,(H,31,34). The number of methoxy groups -OCH3 is 1. The summed E-state index contributed by atoms with van der Waals surface area (Å²) in [4.78, 5) is 12.9. The number of rotatable bonds is 4. The lowest BCUT2D eigenvalue weighted by Crippen LogP contribution is -2.29. The van der Waals surface area contributed by atoms with E-state index in [-0.39, 0.29) is 29.0 Å². The average molecular weight is 469 g/mol. The smallest absolute Gasteiger partial charge is 0.255 e. The van der Waals surface area contributed by atoms with Crippen molar-refractivity contribution in [1.82, 2.24) is 0 Å². The van der Waals surface area contributed by atoms with E-state index in [0.717, 1.165) is 23.4 Å². The number of benzene rings is 3. The van der Waals surface area contributed by atoms with Crippen LogP contribution in [0.5, 0.6) is 11.5 Å². The Morgan fingerprint density at radius 1 is 1.06 bits per heavy atom. The van der Waals surface area contributed by atoms with Gasteiger partial charge in [-0.05, 0) is 76.9 Å². The molecule has 180 valence electrons. The highest BCUT2D eigenvalue weighted by Gasteiger charge is 2.38. The van der Waals surface area contributed by atoms with Gasteiger partial charge in [-0.1, -0.05) is 51.1 Å². The van der Waals surface area contributed by atoms with E-state index in [0.29, 0.717) is 17.2 Å². The van der Waals surface area contributed by atoms with Gasteiger partial charge in [0.1, 0.15) is 0 Å². The molecule has 2 aliphatic rings. The van der Waals surface area contributed by atoms with Crippen LogP contribution < -0.4 is 15.4 Å². The van der Waals surface area contributed by atoms with Crippen molar-refractivity contribution in [3.8, 4) is 11.5 Å². The van der Waals surface area contributed by atoms with Crippen LogP contribution in [0.3, 0.4) is 0 Å². The van der Waals surface area contributed by atoms with E-state index in [1.165, 1.54) is 11.1 Å². The molecule has 0 spiro atoms. The second-order valence-corrected chi connectivity index (χ2v) is 10.5. The number of nitrogens with one attached hydrogen (secondary N) is 2. The first-order valence-corrected chi connectivity index (χ1v) is 12.1. The number of ether oxygens (including phenoxy) is 1. The maximum absolute atomic E-state index is 12.9. The Kier molecular flexibility index (Phi) is 5.79. The van der Waals surface area contributed by atoms with Crippen molar-refractivity contribution in [3.63, 3.8) is 0 Å². The van der Waals surface area contributed by atoms with E-state index in [1.54, 1.807) is 13.2 Å². The fourth-order valence-electron chi connectivity index (χ4n) is 5.23. The normalized spacial score (nSPS) is 20.5. The lowest BCUT2D eigenvalue weighted by Gasteiger charge is -2.37. The third-order valence-corrected chi connectivity index (χ3v) is 7.20. The van der Waals surface area contributed by atoms with Crippen LogP contribution in [0.25, 0.3) is 0 Å². The molecule has 1 aliphatic heterocycles. The maximum Gasteiger partial charge on any atom is 0.255 e. The number of phenolic OH excluding ortho intramolecular Hbond substituents is 1. The number of allylic oxidation sites excluding steroid dienone is 2. The van der Waals surface area contributed by atoms with Crippen molar-refractivity contribution in [2.75, 3.05) is 17.7 Å². The highest BCUT2D eigenvalue weighted by Crippen LogP contribution is 2.51. The van der Waals surface area contributed by atoms with Crippen LogP contribution in [-0.2, 0) is 5.41 Å². The average Bonchev–Trinajstić information content (AvgIpc) is 3.33. The summed E-state index contributed by atoms with van der Waals surface area (Å²) in [5.41, 5.74) is 5.94. The number of hydrogen-bond acceptors (Lipinski definition) is 4. The van der Waals surface area contributed by atoms with Crippen LogP contribution in [0, 0.1) is 5.92 Å². The van der Waals surface area contributed by atoms with E-state index in [1.807, 2.05) is 48.5 Å². The first kappa shape index (κ1) is 23.0. The number of phenols is 1. The fourth-order valence-corrected chi connectivity index (χ4v) is 5.23. The van der Waals surface area contributed by atoms with Gasteiger partial charge in [0.2, 0.25) is 0 Å². The third kappa shape index (κ3) is 4.39. The van der Waals surface area contributed by atoms with E-state index >= 15 is 0 Å². The molecule has 1 aliphatic carbocycles. The third-order valence-electron chi connectivity index (χ3n) is 7.20. The zero-order chi connectivity index (χ0) is 24.7. The van der Waals surface area contributed by atoms with Gasteiger partial charge in [0.15, 0.2) is 11.5 Å². The van der Waals surface area contributed by atoms with Gasteiger partial charge in [-0.2, -0.15) is 0 Å². The van der Waals surface area contributed by atoms with Crippen molar-refractivity contribution >= 4 is 17.3 Å². The Morgan fingerprint density at radius 3 is 2.51 bits per heavy atom. The summed E-state index contributed by atoms with van der Waals surface area (Å²) in [7, 11) is 1.55. The molecule has 0 saturated carbocycles. The van der Waals surface area contributed by atoms with Gasteiger partial charge >= 0.3 is 0 Å². The van der Waals surface area contributed by atoms with E-state index in [2.05, 4.69) is 49.6 Å². The molecule has 3 unspecified atom stereocenters. The first-order chi connectivity index (χ1) is 16.7. The Labute approximate surface area is 206 Å². The molecule has 5 nitrogen and oxygen atoms in total. The fraction of sp³-hybridized carbons (Fsp3) is 0.300. The molecule has 0 saturated heterocycles. The Balaban J connectivity index is 1.38. The second-order valence-electron chi connectivity index (χ2n) is 10.5. The van der Waals surface area contributed by atoms with Gasteiger partial charge in [-0.15, -0.1) is 0 Å². The number of aromatic hydroxyl groups is 1. The summed E-state index contributed by atoms with van der Waals surface area (Å²) < 4.78 is 5.21. The van der Waals surface area contributed by atoms with Crippen molar-refractivity contribution in [2.24, 2.45) is 5.92 Å². The van der Waals surface area contributed by atoms with Crippen LogP contribution in [0.4, 0.5) is 11.4 Å². The Morgan fingerprint density at radius 2 is 1.83 bits per heavy atom. The molecule has 0 aromatic heterocycles. The number of anilines is 2. The molecule has 1 amide bonds. The zero-order valence-electron chi connectivity index (χ0n) is 20.6. The summed E-state index contributed by atoms with van der Waals surface area (Å²) in [6, 6.07) is 19.6. The van der Waals surface area contributed by atoms with E-state index < -0.39 is 0 Å². The highest BCUT2D eigenvalue weighted by atomic mass is 16.5. The zero-order valence-corrected chi connectivity index (χ0v) is 20.6. The minimum absolute atomic E-state index is 0.0499. The number of carbonyl (C=O) groups excluding carboxylic acids is 1. The minimum Gasteiger partial charge on any atom is -0.504 e. The van der Waals surface area contributed by atoms with Crippen molar-refractivity contribution in [2.45, 2.75) is 44.6 Å². The van der Waals surface area contributed by atoms with Crippen LogP contribution in [0.15, 0.2) is 72.8 Å². The second kappa shape index (κ2) is 8.81. The molecule has 3 atom stereocenters. The van der Waals surface area contributed by atoms with Gasteiger partial charge in [-0.25, -0.2) is 0 Å². The molecule has 0 radical (unpaired) electrons. The Bertz CT molecular complexity index is 1290. The molecular formula is C30H32N2O3. The molecule has 0 fully saturated rings. The molecular weight excluding hydrogens is 436 g/mol. The topological polar surface area (TPSA) is 70.6 Å². The maximum atomic E-state index is 12.9. The van der Waals surface area contributed by atoms with Crippen molar-refractivity contribution in [3.05, 3.63) is 95.1 Å². The summed E-state index contributed by atoms with van der Waals surface area (Å²) in [5.74, 6) is 1.07. The van der Waals surface area contributed by atoms with Gasteiger partial charge < -0.3 is 20.5 Å². The Hall–Kier alpha value is -3.73. The number of fused-ring (bicyclic) bond motifs is 3. The first-order valence-electron chi connectivity index (χ1n) is 12.1. The van der Waals surface area contributed by atoms with Crippen LogP contribution in [0.1, 0.15) is 66.2 Å². The van der Waals surface area contributed by atoms with E-state index in [9.17, 15) is 9.90 Å². The molecule has 35 heavy (non-hydrogen) atoms. The summed E-state index contributed by atoms with van der Waals surface area (Å²) in [5, 5.41) is 17.1. The van der Waals surface area contributed by atoms with Gasteiger partial charge in [0.05, 0.1) is 13.2 Å². The highest BCUT2D eigenvalue weighted by molar-refractivity contribution is 6.04. The van der Waals surface area contributed by atoms with Gasteiger partial charge in [0.25, 0.3) is 5.91 Å². The van der Waals surface area contributed by atoms with Crippen LogP contribution in [0.2, 0.25) is 0 Å². The van der Waals surface area contributed by atoms with Crippen LogP contribution >= 0.6 is 0 Å². The van der Waals surface area contributed by atoms with Gasteiger partial charge in [-0.3, -0.25) is 4.79 Å². The number of amides is 1. The molecule has 3 aromatic rings. The molecule has 0 bridgehead atoms. The van der Waals surface area contributed by atoms with E-state index in [4.69, 9.17) is 4.74 Å². The predicted molar refractivity (Wildman–Crippen MR) is 141 cm³/mol. The predicted octanol–water partition coefficient (Wildman–Crippen LogP) is 6.78. The summed E-state index contributed by atoms with van der Waals surface area (Å²) in [6.45, 7) is 6.49. The summed E-state index contributed by atoms with van der Waals surface area (Å²) >= 11 is 0. The van der Waals surface area contributed by atoms with Crippen molar-refractivity contribution in [1.29, 1.82) is 0 Å². The molecule has 5 rings (SSSR count). The van der Waals surface area contributed by atoms with Crippen LogP contribution in [-0.4, -0.2) is 18.1 Å². The SMILES string of the molecule is COc1ccc(C2Nc3ccc(NC(=O)c4ccc(C(C)(C)C)cc4)cc3C3C=CCC32)cc1O. The lowest BCUT2D eigenvalue weighted by molar-refractivity contribution is 0.102. The monoisotopic (exact) mass is 468 g/mol. The molecule has 3 aromatic carbocycles. The van der Waals surface area contributed by atoms with Gasteiger partial charge in [0, 0.05) is 22.9 Å². The molecule has 1 heterocycles. The summed E-state index contributed by atoms with van der Waals surface area (Å²) in [6.07, 6.45) is 5.44. The largest absolute Gasteiger partial charge is 0.504 e. The molecule has 3 N–H and O–H groups in total. The number of carbonyl (C=O) groups is 1. The lowest BCUT2D eigenvalue weighted by atomic mass is 9.77. The quantitative estimate of drug-likeness (QED) is 0.369.